The van der Waals surface area contributed by atoms with E-state index in [1.54, 1.807) is 18.5 Å². The summed E-state index contributed by atoms with van der Waals surface area (Å²) in [7, 11) is 0. The molecule has 0 aliphatic carbocycles. The highest BCUT2D eigenvalue weighted by atomic mass is 16.5. The number of benzene rings is 1. The van der Waals surface area contributed by atoms with Crippen LogP contribution in [0.1, 0.15) is 30.8 Å². The van der Waals surface area contributed by atoms with Crippen molar-refractivity contribution in [2.45, 2.75) is 40.0 Å². The summed E-state index contributed by atoms with van der Waals surface area (Å²) in [5.74, 6) is 1.58. The van der Waals surface area contributed by atoms with Crippen LogP contribution >= 0.6 is 0 Å². The van der Waals surface area contributed by atoms with E-state index in [9.17, 15) is 0 Å². The third-order valence-corrected chi connectivity index (χ3v) is 2.89. The van der Waals surface area contributed by atoms with E-state index in [4.69, 9.17) is 4.74 Å². The number of hydrogen-bond donors (Lipinski definition) is 1. The van der Waals surface area contributed by atoms with E-state index >= 15 is 0 Å². The Kier molecular flexibility index (Phi) is 5.07. The van der Waals surface area contributed by atoms with Crippen LogP contribution in [0.15, 0.2) is 36.7 Å². The van der Waals surface area contributed by atoms with Crippen LogP contribution in [0.5, 0.6) is 5.75 Å². The molecule has 0 aliphatic rings. The summed E-state index contributed by atoms with van der Waals surface area (Å²) in [6.07, 6.45) is 3.45. The second-order valence-electron chi connectivity index (χ2n) is 5.10. The van der Waals surface area contributed by atoms with Crippen LogP contribution in [0.3, 0.4) is 0 Å². The van der Waals surface area contributed by atoms with E-state index in [0.717, 1.165) is 17.9 Å². The lowest BCUT2D eigenvalue weighted by molar-refractivity contribution is 0.291. The lowest BCUT2D eigenvalue weighted by Gasteiger charge is -2.14. The number of hydrogen-bond acceptors (Lipinski definition) is 4. The predicted octanol–water partition coefficient (Wildman–Crippen LogP) is 2.86. The third kappa shape index (κ3) is 4.31. The van der Waals surface area contributed by atoms with E-state index in [1.807, 2.05) is 6.07 Å². The van der Waals surface area contributed by atoms with Crippen LogP contribution < -0.4 is 10.1 Å². The first-order valence-corrected chi connectivity index (χ1v) is 6.87. The van der Waals surface area contributed by atoms with Crippen molar-refractivity contribution in [2.75, 3.05) is 0 Å². The first-order chi connectivity index (χ1) is 9.65. The molecule has 0 bridgehead atoms. The quantitative estimate of drug-likeness (QED) is 0.877. The highest BCUT2D eigenvalue weighted by Gasteiger charge is 2.06. The standard InChI is InChI=1S/C16H21N3O/c1-12(2)19-10-14-9-13(3)5-6-15(14)20-11-16-17-7-4-8-18-16/h4-9,12,19H,10-11H2,1-3H3. The molecule has 20 heavy (non-hydrogen) atoms. The van der Waals surface area contributed by atoms with Gasteiger partial charge in [0.1, 0.15) is 12.4 Å². The maximum absolute atomic E-state index is 5.85. The van der Waals surface area contributed by atoms with Crippen molar-refractivity contribution < 1.29 is 4.74 Å². The Balaban J connectivity index is 2.06. The Labute approximate surface area is 120 Å². The fourth-order valence-electron chi connectivity index (χ4n) is 1.85. The average molecular weight is 271 g/mol. The molecule has 1 heterocycles. The summed E-state index contributed by atoms with van der Waals surface area (Å²) >= 11 is 0. The van der Waals surface area contributed by atoms with Crippen LogP contribution in [0, 0.1) is 6.92 Å². The highest BCUT2D eigenvalue weighted by molar-refractivity contribution is 5.36. The molecule has 0 fully saturated rings. The third-order valence-electron chi connectivity index (χ3n) is 2.89. The van der Waals surface area contributed by atoms with Gasteiger partial charge in [0.05, 0.1) is 0 Å². The minimum Gasteiger partial charge on any atom is -0.485 e. The number of aromatic nitrogens is 2. The summed E-state index contributed by atoms with van der Waals surface area (Å²) < 4.78 is 5.85. The molecule has 1 aromatic carbocycles. The van der Waals surface area contributed by atoms with Gasteiger partial charge in [-0.05, 0) is 19.1 Å². The zero-order chi connectivity index (χ0) is 14.4. The van der Waals surface area contributed by atoms with E-state index in [2.05, 4.69) is 48.2 Å². The molecule has 0 amide bonds. The zero-order valence-electron chi connectivity index (χ0n) is 12.3. The van der Waals surface area contributed by atoms with Gasteiger partial charge >= 0.3 is 0 Å². The predicted molar refractivity (Wildman–Crippen MR) is 79.5 cm³/mol. The van der Waals surface area contributed by atoms with Gasteiger partial charge in [0.15, 0.2) is 5.82 Å². The van der Waals surface area contributed by atoms with Crippen LogP contribution in [0.4, 0.5) is 0 Å². The monoisotopic (exact) mass is 271 g/mol. The Bertz CT molecular complexity index is 541. The minimum atomic E-state index is 0.387. The molecule has 2 aromatic rings. The number of aryl methyl sites for hydroxylation is 1. The van der Waals surface area contributed by atoms with Crippen molar-refractivity contribution in [3.05, 3.63) is 53.6 Å². The molecule has 0 aliphatic heterocycles. The van der Waals surface area contributed by atoms with Crippen LogP contribution in [-0.4, -0.2) is 16.0 Å². The largest absolute Gasteiger partial charge is 0.485 e. The van der Waals surface area contributed by atoms with Crippen molar-refractivity contribution in [3.63, 3.8) is 0 Å². The molecule has 0 spiro atoms. The van der Waals surface area contributed by atoms with Gasteiger partial charge in [-0.1, -0.05) is 31.5 Å². The molecule has 4 heteroatoms. The van der Waals surface area contributed by atoms with Crippen LogP contribution in [0.2, 0.25) is 0 Å². The van der Waals surface area contributed by atoms with Crippen molar-refractivity contribution in [2.24, 2.45) is 0 Å². The Morgan fingerprint density at radius 2 is 1.95 bits per heavy atom. The average Bonchev–Trinajstić information content (AvgIpc) is 2.45. The van der Waals surface area contributed by atoms with E-state index in [1.165, 1.54) is 5.56 Å². The lowest BCUT2D eigenvalue weighted by atomic mass is 10.1. The molecule has 4 nitrogen and oxygen atoms in total. The molecule has 0 unspecified atom stereocenters. The Morgan fingerprint density at radius 1 is 1.20 bits per heavy atom. The van der Waals surface area contributed by atoms with Gasteiger partial charge in [-0.25, -0.2) is 9.97 Å². The SMILES string of the molecule is Cc1ccc(OCc2ncccn2)c(CNC(C)C)c1. The van der Waals surface area contributed by atoms with Crippen LogP contribution in [0.25, 0.3) is 0 Å². The van der Waals surface area contributed by atoms with E-state index < -0.39 is 0 Å². The molecule has 106 valence electrons. The molecule has 0 saturated carbocycles. The fraction of sp³-hybridized carbons (Fsp3) is 0.375. The highest BCUT2D eigenvalue weighted by Crippen LogP contribution is 2.21. The van der Waals surface area contributed by atoms with Gasteiger partial charge in [-0.15, -0.1) is 0 Å². The van der Waals surface area contributed by atoms with E-state index in [0.29, 0.717) is 18.5 Å². The lowest BCUT2D eigenvalue weighted by Crippen LogP contribution is -2.22. The maximum Gasteiger partial charge on any atom is 0.166 e. The Hall–Kier alpha value is -1.94. The van der Waals surface area contributed by atoms with Gasteiger partial charge in [0.25, 0.3) is 0 Å². The van der Waals surface area contributed by atoms with Crippen molar-refractivity contribution in [3.8, 4) is 5.75 Å². The summed E-state index contributed by atoms with van der Waals surface area (Å²) in [4.78, 5) is 8.33. The summed E-state index contributed by atoms with van der Waals surface area (Å²) in [5, 5.41) is 3.42. The summed E-state index contributed by atoms with van der Waals surface area (Å²) in [6.45, 7) is 7.54. The zero-order valence-corrected chi connectivity index (χ0v) is 12.3. The van der Waals surface area contributed by atoms with Gasteiger partial charge < -0.3 is 10.1 Å². The maximum atomic E-state index is 5.85. The van der Waals surface area contributed by atoms with Crippen molar-refractivity contribution in [1.82, 2.24) is 15.3 Å². The van der Waals surface area contributed by atoms with Gasteiger partial charge in [-0.3, -0.25) is 0 Å². The van der Waals surface area contributed by atoms with Gasteiger partial charge in [0.2, 0.25) is 0 Å². The van der Waals surface area contributed by atoms with Crippen LogP contribution in [-0.2, 0) is 13.2 Å². The molecule has 0 atom stereocenters. The van der Waals surface area contributed by atoms with E-state index in [-0.39, 0.29) is 0 Å². The summed E-state index contributed by atoms with van der Waals surface area (Å²) in [6, 6.07) is 8.46. The fourth-order valence-corrected chi connectivity index (χ4v) is 1.85. The minimum absolute atomic E-state index is 0.387. The number of nitrogens with zero attached hydrogens (tertiary/aromatic N) is 2. The molecule has 2 rings (SSSR count). The second kappa shape index (κ2) is 7.01. The first-order valence-electron chi connectivity index (χ1n) is 6.87. The molecular formula is C16H21N3O. The number of nitrogens with one attached hydrogen (secondary N) is 1. The smallest absolute Gasteiger partial charge is 0.166 e. The number of rotatable bonds is 6. The molecule has 1 aromatic heterocycles. The summed E-state index contributed by atoms with van der Waals surface area (Å²) in [5.41, 5.74) is 2.39. The van der Waals surface area contributed by atoms with Crippen molar-refractivity contribution >= 4 is 0 Å². The molecule has 0 radical (unpaired) electrons. The number of ether oxygens (including phenoxy) is 1. The first kappa shape index (κ1) is 14.5. The van der Waals surface area contributed by atoms with Gasteiger partial charge in [0, 0.05) is 30.5 Å². The normalized spacial score (nSPS) is 10.8. The topological polar surface area (TPSA) is 47.0 Å². The molecular weight excluding hydrogens is 250 g/mol. The van der Waals surface area contributed by atoms with Gasteiger partial charge in [-0.2, -0.15) is 0 Å². The molecule has 0 saturated heterocycles. The molecule has 1 N–H and O–H groups in total. The Morgan fingerprint density at radius 3 is 2.65 bits per heavy atom. The van der Waals surface area contributed by atoms with Crippen molar-refractivity contribution in [1.29, 1.82) is 0 Å². The second-order valence-corrected chi connectivity index (χ2v) is 5.10.